The predicted molar refractivity (Wildman–Crippen MR) is 73.0 cm³/mol. The van der Waals surface area contributed by atoms with E-state index >= 15 is 0 Å². The van der Waals surface area contributed by atoms with Gasteiger partial charge in [-0.3, -0.25) is 14.2 Å². The van der Waals surface area contributed by atoms with Crippen molar-refractivity contribution in [3.05, 3.63) is 52.0 Å². The largest absolute Gasteiger partial charge is 0.297 e. The van der Waals surface area contributed by atoms with Crippen LogP contribution in [0, 0.1) is 0 Å². The number of Topliss-reactive ketones (excluding diaryl/α,β-unsaturated/α-hetero) is 1. The Bertz CT molecular complexity index is 673. The molecule has 0 saturated heterocycles. The Morgan fingerprint density at radius 1 is 1.44 bits per heavy atom. The number of aromatic nitrogens is 3. The van der Waals surface area contributed by atoms with Gasteiger partial charge in [-0.15, -0.1) is 11.3 Å². The summed E-state index contributed by atoms with van der Waals surface area (Å²) in [7, 11) is 0. The van der Waals surface area contributed by atoms with E-state index in [2.05, 4.69) is 25.9 Å². The zero-order valence-electron chi connectivity index (χ0n) is 9.21. The highest BCUT2D eigenvalue weighted by Gasteiger charge is 2.11. The third-order valence-electron chi connectivity index (χ3n) is 2.50. The number of nitrogens with zero attached hydrogens (tertiary/aromatic N) is 3. The monoisotopic (exact) mass is 321 g/mol. The normalized spacial score (nSPS) is 10.9. The molecule has 3 rings (SSSR count). The Balaban J connectivity index is 1.82. The van der Waals surface area contributed by atoms with Gasteiger partial charge in [0.1, 0.15) is 5.69 Å². The zero-order valence-corrected chi connectivity index (χ0v) is 11.6. The van der Waals surface area contributed by atoms with Crippen LogP contribution in [0.25, 0.3) is 4.96 Å². The van der Waals surface area contributed by atoms with Crippen LogP contribution in [0.5, 0.6) is 0 Å². The van der Waals surface area contributed by atoms with Crippen molar-refractivity contribution in [3.8, 4) is 0 Å². The van der Waals surface area contributed by atoms with Crippen LogP contribution in [0.15, 0.2) is 40.6 Å². The van der Waals surface area contributed by atoms with Gasteiger partial charge in [0, 0.05) is 28.4 Å². The number of hydrogen-bond donors (Lipinski definition) is 0. The number of ketones is 1. The first-order valence-corrected chi connectivity index (χ1v) is 6.95. The number of carbonyl (C=O) groups excluding carboxylic acids is 1. The first-order chi connectivity index (χ1) is 8.72. The fraction of sp³-hybridized carbons (Fsp3) is 0.0833. The van der Waals surface area contributed by atoms with Crippen molar-refractivity contribution in [1.29, 1.82) is 0 Å². The van der Waals surface area contributed by atoms with Gasteiger partial charge < -0.3 is 0 Å². The van der Waals surface area contributed by atoms with Crippen molar-refractivity contribution in [2.75, 3.05) is 0 Å². The first kappa shape index (κ1) is 11.6. The lowest BCUT2D eigenvalue weighted by Gasteiger charge is -1.97. The molecule has 0 radical (unpaired) electrons. The van der Waals surface area contributed by atoms with Gasteiger partial charge in [0.25, 0.3) is 0 Å². The molecule has 3 aromatic heterocycles. The molecule has 0 spiro atoms. The van der Waals surface area contributed by atoms with E-state index in [1.807, 2.05) is 28.2 Å². The molecule has 3 heterocycles. The standard InChI is InChI=1S/C12H8BrN3OS/c13-8-1-2-10(14-6-8)11(17)5-9-7-16-3-4-18-12(16)15-9/h1-4,6-7H,5H2. The van der Waals surface area contributed by atoms with Crippen LogP contribution in [-0.2, 0) is 6.42 Å². The SMILES string of the molecule is O=C(Cc1cn2ccsc2n1)c1ccc(Br)cn1. The summed E-state index contributed by atoms with van der Waals surface area (Å²) < 4.78 is 2.78. The highest BCUT2D eigenvalue weighted by atomic mass is 79.9. The number of halogens is 1. The molecule has 0 bridgehead atoms. The van der Waals surface area contributed by atoms with E-state index in [-0.39, 0.29) is 12.2 Å². The first-order valence-electron chi connectivity index (χ1n) is 5.28. The van der Waals surface area contributed by atoms with Crippen LogP contribution in [0.4, 0.5) is 0 Å². The summed E-state index contributed by atoms with van der Waals surface area (Å²) in [6, 6.07) is 3.52. The molecule has 0 saturated carbocycles. The lowest BCUT2D eigenvalue weighted by molar-refractivity contribution is 0.0987. The summed E-state index contributed by atoms with van der Waals surface area (Å²) in [5, 5.41) is 1.96. The summed E-state index contributed by atoms with van der Waals surface area (Å²) in [5.41, 5.74) is 1.24. The van der Waals surface area contributed by atoms with Crippen molar-refractivity contribution in [2.24, 2.45) is 0 Å². The highest BCUT2D eigenvalue weighted by Crippen LogP contribution is 2.13. The number of pyridine rings is 1. The molecule has 90 valence electrons. The molecule has 3 aromatic rings. The van der Waals surface area contributed by atoms with Crippen molar-refractivity contribution in [1.82, 2.24) is 14.4 Å². The number of hydrogen-bond acceptors (Lipinski definition) is 4. The number of thiazole rings is 1. The third-order valence-corrected chi connectivity index (χ3v) is 3.74. The lowest BCUT2D eigenvalue weighted by Crippen LogP contribution is -2.05. The smallest absolute Gasteiger partial charge is 0.193 e. The van der Waals surface area contributed by atoms with E-state index in [1.54, 1.807) is 23.6 Å². The lowest BCUT2D eigenvalue weighted by atomic mass is 10.1. The predicted octanol–water partition coefficient (Wildman–Crippen LogP) is 2.98. The van der Waals surface area contributed by atoms with Gasteiger partial charge in [-0.25, -0.2) is 4.98 Å². The van der Waals surface area contributed by atoms with Gasteiger partial charge in [0.15, 0.2) is 10.7 Å². The van der Waals surface area contributed by atoms with Crippen LogP contribution in [0.2, 0.25) is 0 Å². The Hall–Kier alpha value is -1.53. The number of imidazole rings is 1. The molecule has 0 unspecified atom stereocenters. The Morgan fingerprint density at radius 3 is 3.06 bits per heavy atom. The maximum atomic E-state index is 12.0. The van der Waals surface area contributed by atoms with Gasteiger partial charge in [-0.1, -0.05) is 0 Å². The van der Waals surface area contributed by atoms with Crippen LogP contribution in [0.1, 0.15) is 16.2 Å². The Morgan fingerprint density at radius 2 is 2.33 bits per heavy atom. The molecule has 0 aliphatic heterocycles. The van der Waals surface area contributed by atoms with Crippen molar-refractivity contribution >= 4 is 38.0 Å². The third kappa shape index (κ3) is 2.21. The van der Waals surface area contributed by atoms with E-state index in [0.29, 0.717) is 5.69 Å². The van der Waals surface area contributed by atoms with E-state index in [0.717, 1.165) is 15.1 Å². The molecule has 6 heteroatoms. The van der Waals surface area contributed by atoms with E-state index in [9.17, 15) is 4.79 Å². The average Bonchev–Trinajstić information content (AvgIpc) is 2.90. The minimum absolute atomic E-state index is 0.0201. The minimum Gasteiger partial charge on any atom is -0.297 e. The van der Waals surface area contributed by atoms with Crippen LogP contribution >= 0.6 is 27.3 Å². The number of rotatable bonds is 3. The van der Waals surface area contributed by atoms with E-state index < -0.39 is 0 Å². The Kier molecular flexibility index (Phi) is 2.97. The molecular weight excluding hydrogens is 314 g/mol. The quantitative estimate of drug-likeness (QED) is 0.697. The zero-order chi connectivity index (χ0) is 12.5. The maximum Gasteiger partial charge on any atom is 0.193 e. The molecular formula is C12H8BrN3OS. The summed E-state index contributed by atoms with van der Waals surface area (Å²) in [6.07, 6.45) is 5.71. The maximum absolute atomic E-state index is 12.0. The minimum atomic E-state index is -0.0201. The second kappa shape index (κ2) is 4.62. The second-order valence-corrected chi connectivity index (χ2v) is 5.58. The van der Waals surface area contributed by atoms with E-state index in [4.69, 9.17) is 0 Å². The molecule has 4 nitrogen and oxygen atoms in total. The fourth-order valence-electron chi connectivity index (χ4n) is 1.66. The van der Waals surface area contributed by atoms with Gasteiger partial charge in [0.05, 0.1) is 12.1 Å². The van der Waals surface area contributed by atoms with Crippen molar-refractivity contribution < 1.29 is 4.79 Å². The summed E-state index contributed by atoms with van der Waals surface area (Å²) in [4.78, 5) is 21.4. The van der Waals surface area contributed by atoms with Gasteiger partial charge >= 0.3 is 0 Å². The number of carbonyl (C=O) groups is 1. The molecule has 18 heavy (non-hydrogen) atoms. The van der Waals surface area contributed by atoms with E-state index in [1.165, 1.54) is 0 Å². The summed E-state index contributed by atoms with van der Waals surface area (Å²) >= 11 is 4.84. The number of fused-ring (bicyclic) bond motifs is 1. The van der Waals surface area contributed by atoms with Gasteiger partial charge in [-0.05, 0) is 28.1 Å². The summed E-state index contributed by atoms with van der Waals surface area (Å²) in [5.74, 6) is -0.0201. The van der Waals surface area contributed by atoms with Crippen LogP contribution < -0.4 is 0 Å². The molecule has 0 aliphatic rings. The summed E-state index contributed by atoms with van der Waals surface area (Å²) in [6.45, 7) is 0. The van der Waals surface area contributed by atoms with Gasteiger partial charge in [-0.2, -0.15) is 0 Å². The highest BCUT2D eigenvalue weighted by molar-refractivity contribution is 9.10. The average molecular weight is 322 g/mol. The molecule has 0 aromatic carbocycles. The fourth-order valence-corrected chi connectivity index (χ4v) is 2.61. The van der Waals surface area contributed by atoms with Crippen molar-refractivity contribution in [2.45, 2.75) is 6.42 Å². The second-order valence-electron chi connectivity index (χ2n) is 3.79. The van der Waals surface area contributed by atoms with Crippen LogP contribution in [0.3, 0.4) is 0 Å². The van der Waals surface area contributed by atoms with Crippen molar-refractivity contribution in [3.63, 3.8) is 0 Å². The topological polar surface area (TPSA) is 47.3 Å². The molecule has 0 N–H and O–H groups in total. The van der Waals surface area contributed by atoms with Crippen LogP contribution in [-0.4, -0.2) is 20.2 Å². The Labute approximate surface area is 115 Å². The molecule has 0 aliphatic carbocycles. The molecule has 0 atom stereocenters. The molecule has 0 fully saturated rings. The van der Waals surface area contributed by atoms with Gasteiger partial charge in [0.2, 0.25) is 0 Å². The molecule has 0 amide bonds.